The van der Waals surface area contributed by atoms with Crippen LogP contribution >= 0.6 is 0 Å². The van der Waals surface area contributed by atoms with Crippen LogP contribution in [0.5, 0.6) is 0 Å². The molecule has 5 nitrogen and oxygen atoms in total. The Hall–Kier alpha value is -1.86. The molecule has 1 aromatic heterocycles. The molecule has 1 aliphatic rings. The van der Waals surface area contributed by atoms with Gasteiger partial charge in [-0.05, 0) is 37.6 Å². The molecule has 1 aliphatic heterocycles. The van der Waals surface area contributed by atoms with Crippen LogP contribution in [0, 0.1) is 11.6 Å². The second-order valence-electron chi connectivity index (χ2n) is 5.94. The van der Waals surface area contributed by atoms with E-state index in [9.17, 15) is 13.9 Å². The van der Waals surface area contributed by atoms with Crippen molar-refractivity contribution in [2.45, 2.75) is 38.0 Å². The minimum absolute atomic E-state index is 0.00933. The number of rotatable bonds is 5. The largest absolute Gasteiger partial charge is 0.387 e. The van der Waals surface area contributed by atoms with Crippen LogP contribution in [0.4, 0.5) is 8.78 Å². The predicted molar refractivity (Wildman–Crippen MR) is 80.6 cm³/mol. The maximum atomic E-state index is 13.8. The number of hydrogen-bond acceptors (Lipinski definition) is 4. The Bertz CT molecular complexity index is 635. The van der Waals surface area contributed by atoms with Gasteiger partial charge < -0.3 is 5.11 Å². The molecule has 0 spiro atoms. The summed E-state index contributed by atoms with van der Waals surface area (Å²) in [5.74, 6) is -1.12. The van der Waals surface area contributed by atoms with Gasteiger partial charge in [0.25, 0.3) is 0 Å². The van der Waals surface area contributed by atoms with Crippen molar-refractivity contribution in [3.63, 3.8) is 0 Å². The third-order valence-electron chi connectivity index (χ3n) is 4.34. The van der Waals surface area contributed by atoms with E-state index in [0.29, 0.717) is 6.54 Å². The van der Waals surface area contributed by atoms with Crippen LogP contribution in [-0.4, -0.2) is 43.9 Å². The van der Waals surface area contributed by atoms with E-state index in [4.69, 9.17) is 0 Å². The smallest absolute Gasteiger partial charge is 0.137 e. The van der Waals surface area contributed by atoms with E-state index in [0.717, 1.165) is 44.0 Å². The molecule has 7 heteroatoms. The molecule has 0 aliphatic carbocycles. The van der Waals surface area contributed by atoms with E-state index in [-0.39, 0.29) is 18.2 Å². The van der Waals surface area contributed by atoms with Crippen molar-refractivity contribution in [1.82, 2.24) is 19.7 Å². The highest BCUT2D eigenvalue weighted by Crippen LogP contribution is 2.24. The van der Waals surface area contributed by atoms with Crippen LogP contribution in [0.1, 0.15) is 30.9 Å². The lowest BCUT2D eigenvalue weighted by Gasteiger charge is -2.36. The van der Waals surface area contributed by atoms with Crippen molar-refractivity contribution >= 4 is 0 Å². The van der Waals surface area contributed by atoms with E-state index in [2.05, 4.69) is 15.0 Å². The van der Waals surface area contributed by atoms with Gasteiger partial charge in [0.15, 0.2) is 0 Å². The first-order chi connectivity index (χ1) is 11.1. The van der Waals surface area contributed by atoms with Gasteiger partial charge in [0.1, 0.15) is 24.3 Å². The van der Waals surface area contributed by atoms with Gasteiger partial charge in [0.2, 0.25) is 0 Å². The molecule has 3 rings (SSSR count). The fourth-order valence-corrected chi connectivity index (χ4v) is 3.14. The van der Waals surface area contributed by atoms with Gasteiger partial charge in [0.05, 0.1) is 12.6 Å². The number of aromatic nitrogens is 3. The second kappa shape index (κ2) is 7.14. The van der Waals surface area contributed by atoms with E-state index in [1.807, 2.05) is 0 Å². The number of likely N-dealkylation sites (tertiary alicyclic amines) is 1. The first-order valence-corrected chi connectivity index (χ1v) is 7.83. The molecule has 0 bridgehead atoms. The SMILES string of the molecule is OC(CN1CCCCC1Cn1cncn1)c1cc(F)ccc1F. The fourth-order valence-electron chi connectivity index (χ4n) is 3.14. The van der Waals surface area contributed by atoms with Gasteiger partial charge in [0, 0.05) is 18.2 Å². The van der Waals surface area contributed by atoms with Gasteiger partial charge in [-0.1, -0.05) is 6.42 Å². The number of hydrogen-bond donors (Lipinski definition) is 1. The van der Waals surface area contributed by atoms with E-state index >= 15 is 0 Å². The maximum absolute atomic E-state index is 13.8. The average Bonchev–Trinajstić information content (AvgIpc) is 3.04. The van der Waals surface area contributed by atoms with Gasteiger partial charge in [-0.2, -0.15) is 5.10 Å². The third kappa shape index (κ3) is 3.92. The lowest BCUT2D eigenvalue weighted by Crippen LogP contribution is -2.44. The average molecular weight is 322 g/mol. The molecule has 1 saturated heterocycles. The molecule has 0 saturated carbocycles. The molecule has 2 atom stereocenters. The fraction of sp³-hybridized carbons (Fsp3) is 0.500. The lowest BCUT2D eigenvalue weighted by atomic mass is 10.00. The lowest BCUT2D eigenvalue weighted by molar-refractivity contribution is 0.0573. The topological polar surface area (TPSA) is 54.2 Å². The molecule has 1 fully saturated rings. The maximum Gasteiger partial charge on any atom is 0.137 e. The molecule has 0 radical (unpaired) electrons. The van der Waals surface area contributed by atoms with Crippen LogP contribution in [0.2, 0.25) is 0 Å². The van der Waals surface area contributed by atoms with Crippen LogP contribution in [-0.2, 0) is 6.54 Å². The number of halogens is 2. The highest BCUT2D eigenvalue weighted by Gasteiger charge is 2.26. The van der Waals surface area contributed by atoms with Crippen molar-refractivity contribution in [2.24, 2.45) is 0 Å². The first kappa shape index (κ1) is 16.0. The Morgan fingerprint density at radius 3 is 2.96 bits per heavy atom. The summed E-state index contributed by atoms with van der Waals surface area (Å²) in [6.07, 6.45) is 5.23. The Balaban J connectivity index is 1.69. The minimum atomic E-state index is -1.05. The molecule has 23 heavy (non-hydrogen) atoms. The summed E-state index contributed by atoms with van der Waals surface area (Å²) in [5, 5.41) is 14.5. The summed E-state index contributed by atoms with van der Waals surface area (Å²) in [6.45, 7) is 1.78. The molecule has 2 aromatic rings. The van der Waals surface area contributed by atoms with Crippen molar-refractivity contribution in [1.29, 1.82) is 0 Å². The van der Waals surface area contributed by atoms with Gasteiger partial charge in [-0.25, -0.2) is 13.8 Å². The number of nitrogens with zero attached hydrogens (tertiary/aromatic N) is 4. The standard InChI is InChI=1S/C16H20F2N4O/c17-12-4-5-15(18)14(7-12)16(23)9-21-6-2-1-3-13(21)8-22-11-19-10-20-22/h4-5,7,10-11,13,16,23H,1-3,6,8-9H2. The summed E-state index contributed by atoms with van der Waals surface area (Å²) >= 11 is 0. The summed E-state index contributed by atoms with van der Waals surface area (Å²) in [7, 11) is 0. The van der Waals surface area contributed by atoms with Crippen molar-refractivity contribution < 1.29 is 13.9 Å². The predicted octanol–water partition coefficient (Wildman–Crippen LogP) is 2.14. The molecule has 2 heterocycles. The Morgan fingerprint density at radius 1 is 1.30 bits per heavy atom. The van der Waals surface area contributed by atoms with Crippen molar-refractivity contribution in [3.8, 4) is 0 Å². The van der Waals surface area contributed by atoms with Crippen LogP contribution in [0.25, 0.3) is 0 Å². The number of benzene rings is 1. The van der Waals surface area contributed by atoms with Crippen LogP contribution in [0.3, 0.4) is 0 Å². The first-order valence-electron chi connectivity index (χ1n) is 7.83. The monoisotopic (exact) mass is 322 g/mol. The Labute approximate surface area is 133 Å². The zero-order valence-corrected chi connectivity index (χ0v) is 12.8. The normalized spacial score (nSPS) is 20.6. The summed E-state index contributed by atoms with van der Waals surface area (Å²) in [6, 6.07) is 3.38. The highest BCUT2D eigenvalue weighted by molar-refractivity contribution is 5.21. The number of aliphatic hydroxyl groups excluding tert-OH is 1. The molecule has 1 N–H and O–H groups in total. The quantitative estimate of drug-likeness (QED) is 0.916. The molecule has 0 amide bonds. The van der Waals surface area contributed by atoms with Gasteiger partial charge in [-0.3, -0.25) is 9.58 Å². The molecule has 1 aromatic carbocycles. The van der Waals surface area contributed by atoms with Crippen LogP contribution in [0.15, 0.2) is 30.9 Å². The second-order valence-corrected chi connectivity index (χ2v) is 5.94. The van der Waals surface area contributed by atoms with Crippen LogP contribution < -0.4 is 0 Å². The number of β-amino-alcohol motifs (C(OH)–C–C–N with tert-alkyl or cyclic N) is 1. The summed E-state index contributed by atoms with van der Waals surface area (Å²) in [4.78, 5) is 6.06. The molecular weight excluding hydrogens is 302 g/mol. The zero-order valence-electron chi connectivity index (χ0n) is 12.8. The van der Waals surface area contributed by atoms with E-state index < -0.39 is 17.7 Å². The summed E-state index contributed by atoms with van der Waals surface area (Å²) < 4.78 is 28.9. The zero-order chi connectivity index (χ0) is 16.2. The summed E-state index contributed by atoms with van der Waals surface area (Å²) in [5.41, 5.74) is 0.00933. The number of aliphatic hydroxyl groups is 1. The van der Waals surface area contributed by atoms with E-state index in [1.54, 1.807) is 11.0 Å². The third-order valence-corrected chi connectivity index (χ3v) is 4.34. The molecule has 124 valence electrons. The molecule has 2 unspecified atom stereocenters. The van der Waals surface area contributed by atoms with Gasteiger partial charge >= 0.3 is 0 Å². The Kier molecular flexibility index (Phi) is 4.97. The Morgan fingerprint density at radius 2 is 2.17 bits per heavy atom. The number of piperidine rings is 1. The van der Waals surface area contributed by atoms with Crippen molar-refractivity contribution in [2.75, 3.05) is 13.1 Å². The highest BCUT2D eigenvalue weighted by atomic mass is 19.1. The van der Waals surface area contributed by atoms with Gasteiger partial charge in [-0.15, -0.1) is 0 Å². The van der Waals surface area contributed by atoms with E-state index in [1.165, 1.54) is 6.33 Å². The molecular formula is C16H20F2N4O. The minimum Gasteiger partial charge on any atom is -0.387 e. The van der Waals surface area contributed by atoms with Crippen molar-refractivity contribution in [3.05, 3.63) is 48.1 Å².